The molecule has 4 nitrogen and oxygen atoms in total. The summed E-state index contributed by atoms with van der Waals surface area (Å²) in [4.78, 5) is 17.1. The first-order chi connectivity index (χ1) is 14.0. The van der Waals surface area contributed by atoms with Crippen LogP contribution < -0.4 is 10.1 Å². The number of nitrogens with one attached hydrogen (secondary N) is 1. The smallest absolute Gasteiger partial charge is 0.257 e. The van der Waals surface area contributed by atoms with Gasteiger partial charge in [0.05, 0.1) is 11.3 Å². The predicted octanol–water partition coefficient (Wildman–Crippen LogP) is 6.51. The first-order valence-corrected chi connectivity index (χ1v) is 10.1. The van der Waals surface area contributed by atoms with Gasteiger partial charge >= 0.3 is 0 Å². The predicted molar refractivity (Wildman–Crippen MR) is 118 cm³/mol. The third-order valence-electron chi connectivity index (χ3n) is 4.79. The average molecular weight is 389 g/mol. The van der Waals surface area contributed by atoms with E-state index >= 15 is 0 Å². The van der Waals surface area contributed by atoms with Gasteiger partial charge in [0.15, 0.2) is 0 Å². The molecule has 3 aromatic rings. The fourth-order valence-electron chi connectivity index (χ4n) is 3.11. The molecule has 29 heavy (non-hydrogen) atoms. The number of amides is 1. The van der Waals surface area contributed by atoms with E-state index in [1.807, 2.05) is 55.5 Å². The molecule has 0 aliphatic rings. The second kappa shape index (κ2) is 9.37. The summed E-state index contributed by atoms with van der Waals surface area (Å²) in [5.41, 5.74) is 4.36. The Bertz CT molecular complexity index is 961. The Kier molecular flexibility index (Phi) is 6.65. The SMILES string of the molecule is CCCc1ccc(C(=O)Nc2ccc(Oc3ccc(C(C)C)cc3)cc2)c(C)n1. The molecule has 0 aliphatic carbocycles. The number of ether oxygens (including phenoxy) is 1. The number of aromatic nitrogens is 1. The van der Waals surface area contributed by atoms with Gasteiger partial charge in [-0.3, -0.25) is 9.78 Å². The Morgan fingerprint density at radius 2 is 1.59 bits per heavy atom. The number of hydrogen-bond acceptors (Lipinski definition) is 3. The van der Waals surface area contributed by atoms with E-state index in [1.165, 1.54) is 5.56 Å². The first-order valence-electron chi connectivity index (χ1n) is 10.1. The van der Waals surface area contributed by atoms with E-state index in [4.69, 9.17) is 4.74 Å². The highest BCUT2D eigenvalue weighted by Crippen LogP contribution is 2.25. The van der Waals surface area contributed by atoms with Crippen LogP contribution in [0, 0.1) is 6.92 Å². The van der Waals surface area contributed by atoms with E-state index in [2.05, 4.69) is 43.2 Å². The third-order valence-corrected chi connectivity index (χ3v) is 4.79. The van der Waals surface area contributed by atoms with Gasteiger partial charge in [0.25, 0.3) is 5.91 Å². The zero-order valence-electron chi connectivity index (χ0n) is 17.5. The van der Waals surface area contributed by atoms with Crippen molar-refractivity contribution in [3.63, 3.8) is 0 Å². The summed E-state index contributed by atoms with van der Waals surface area (Å²) < 4.78 is 5.89. The summed E-state index contributed by atoms with van der Waals surface area (Å²) in [5.74, 6) is 1.85. The monoisotopic (exact) mass is 388 g/mol. The van der Waals surface area contributed by atoms with Gasteiger partial charge in [-0.05, 0) is 73.4 Å². The van der Waals surface area contributed by atoms with Crippen LogP contribution in [0.2, 0.25) is 0 Å². The summed E-state index contributed by atoms with van der Waals surface area (Å²) in [6, 6.07) is 19.3. The van der Waals surface area contributed by atoms with E-state index in [9.17, 15) is 4.79 Å². The highest BCUT2D eigenvalue weighted by Gasteiger charge is 2.11. The second-order valence-corrected chi connectivity index (χ2v) is 7.49. The number of pyridine rings is 1. The molecule has 0 bridgehead atoms. The molecular weight excluding hydrogens is 360 g/mol. The summed E-state index contributed by atoms with van der Waals surface area (Å²) in [5, 5.41) is 2.93. The Hall–Kier alpha value is -3.14. The van der Waals surface area contributed by atoms with Crippen molar-refractivity contribution in [1.82, 2.24) is 4.98 Å². The van der Waals surface area contributed by atoms with Crippen LogP contribution in [0.1, 0.15) is 60.4 Å². The molecule has 4 heteroatoms. The number of nitrogens with zero attached hydrogens (tertiary/aromatic N) is 1. The summed E-state index contributed by atoms with van der Waals surface area (Å²) in [7, 11) is 0. The minimum absolute atomic E-state index is 0.156. The topological polar surface area (TPSA) is 51.2 Å². The highest BCUT2D eigenvalue weighted by molar-refractivity contribution is 6.05. The number of anilines is 1. The van der Waals surface area contributed by atoms with Gasteiger partial charge in [0, 0.05) is 11.4 Å². The normalized spacial score (nSPS) is 10.8. The van der Waals surface area contributed by atoms with Crippen molar-refractivity contribution in [2.45, 2.75) is 46.5 Å². The van der Waals surface area contributed by atoms with Crippen LogP contribution in [0.4, 0.5) is 5.69 Å². The lowest BCUT2D eigenvalue weighted by atomic mass is 10.0. The quantitative estimate of drug-likeness (QED) is 0.502. The molecule has 1 amide bonds. The van der Waals surface area contributed by atoms with Crippen LogP contribution in [0.25, 0.3) is 0 Å². The van der Waals surface area contributed by atoms with E-state index < -0.39 is 0 Å². The van der Waals surface area contributed by atoms with Crippen LogP contribution >= 0.6 is 0 Å². The Morgan fingerprint density at radius 1 is 0.966 bits per heavy atom. The van der Waals surface area contributed by atoms with Crippen LogP contribution in [0.15, 0.2) is 60.7 Å². The summed E-state index contributed by atoms with van der Waals surface area (Å²) in [6.45, 7) is 8.32. The summed E-state index contributed by atoms with van der Waals surface area (Å²) in [6.07, 6.45) is 1.96. The van der Waals surface area contributed by atoms with Gasteiger partial charge in [-0.1, -0.05) is 39.3 Å². The number of hydrogen-bond donors (Lipinski definition) is 1. The molecule has 150 valence electrons. The maximum atomic E-state index is 12.6. The number of rotatable bonds is 7. The maximum Gasteiger partial charge on any atom is 0.257 e. The van der Waals surface area contributed by atoms with Crippen LogP contribution in [-0.4, -0.2) is 10.9 Å². The first kappa shape index (κ1) is 20.6. The van der Waals surface area contributed by atoms with Gasteiger partial charge in [-0.25, -0.2) is 0 Å². The molecule has 0 saturated carbocycles. The number of aryl methyl sites for hydroxylation is 2. The standard InChI is InChI=1S/C25H28N2O2/c1-5-6-20-11-16-24(18(4)26-20)25(28)27-21-9-14-23(15-10-21)29-22-12-7-19(8-13-22)17(2)3/h7-17H,5-6H2,1-4H3,(H,27,28). The number of benzene rings is 2. The Balaban J connectivity index is 1.63. The van der Waals surface area contributed by atoms with E-state index in [-0.39, 0.29) is 5.91 Å². The number of carbonyl (C=O) groups is 1. The lowest BCUT2D eigenvalue weighted by molar-refractivity contribution is 0.102. The van der Waals surface area contributed by atoms with E-state index in [0.717, 1.165) is 41.4 Å². The highest BCUT2D eigenvalue weighted by atomic mass is 16.5. The van der Waals surface area contributed by atoms with Crippen LogP contribution in [0.5, 0.6) is 11.5 Å². The van der Waals surface area contributed by atoms with Gasteiger partial charge in [0.1, 0.15) is 11.5 Å². The van der Waals surface area contributed by atoms with E-state index in [0.29, 0.717) is 11.5 Å². The number of carbonyl (C=O) groups excluding carboxylic acids is 1. The molecule has 0 unspecified atom stereocenters. The molecule has 0 spiro atoms. The molecule has 1 aromatic heterocycles. The minimum Gasteiger partial charge on any atom is -0.457 e. The zero-order chi connectivity index (χ0) is 20.8. The molecule has 3 rings (SSSR count). The van der Waals surface area contributed by atoms with Gasteiger partial charge in [-0.15, -0.1) is 0 Å². The fourth-order valence-corrected chi connectivity index (χ4v) is 3.11. The van der Waals surface area contributed by atoms with Gasteiger partial charge < -0.3 is 10.1 Å². The molecule has 1 N–H and O–H groups in total. The van der Waals surface area contributed by atoms with Crippen molar-refractivity contribution >= 4 is 11.6 Å². The maximum absolute atomic E-state index is 12.6. The average Bonchev–Trinajstić information content (AvgIpc) is 2.70. The lowest BCUT2D eigenvalue weighted by Gasteiger charge is -2.11. The van der Waals surface area contributed by atoms with Crippen molar-refractivity contribution in [2.75, 3.05) is 5.32 Å². The van der Waals surface area contributed by atoms with Gasteiger partial charge in [-0.2, -0.15) is 0 Å². The van der Waals surface area contributed by atoms with Crippen molar-refractivity contribution in [1.29, 1.82) is 0 Å². The van der Waals surface area contributed by atoms with Crippen LogP contribution in [0.3, 0.4) is 0 Å². The third kappa shape index (κ3) is 5.44. The van der Waals surface area contributed by atoms with Crippen LogP contribution in [-0.2, 0) is 6.42 Å². The fraction of sp³-hybridized carbons (Fsp3) is 0.280. The molecule has 2 aromatic carbocycles. The molecule has 0 saturated heterocycles. The zero-order valence-corrected chi connectivity index (χ0v) is 17.5. The molecule has 1 heterocycles. The molecule has 0 radical (unpaired) electrons. The van der Waals surface area contributed by atoms with Crippen molar-refractivity contribution in [2.24, 2.45) is 0 Å². The summed E-state index contributed by atoms with van der Waals surface area (Å²) >= 11 is 0. The Morgan fingerprint density at radius 3 is 2.14 bits per heavy atom. The van der Waals surface area contributed by atoms with Gasteiger partial charge in [0.2, 0.25) is 0 Å². The minimum atomic E-state index is -0.156. The van der Waals surface area contributed by atoms with Crippen molar-refractivity contribution in [3.8, 4) is 11.5 Å². The second-order valence-electron chi connectivity index (χ2n) is 7.49. The molecular formula is C25H28N2O2. The lowest BCUT2D eigenvalue weighted by Crippen LogP contribution is -2.14. The Labute approximate surface area is 173 Å². The van der Waals surface area contributed by atoms with E-state index in [1.54, 1.807) is 0 Å². The van der Waals surface area contributed by atoms with Crippen molar-refractivity contribution in [3.05, 3.63) is 83.2 Å². The molecule has 0 aliphatic heterocycles. The van der Waals surface area contributed by atoms with Crippen molar-refractivity contribution < 1.29 is 9.53 Å². The molecule has 0 fully saturated rings. The largest absolute Gasteiger partial charge is 0.457 e. The molecule has 0 atom stereocenters.